The highest BCUT2D eigenvalue weighted by molar-refractivity contribution is 5.28. The molecule has 2 rings (SSSR count). The SMILES string of the molecule is Cc1cccc(OC(C#N)CCc2ccccc2)c1. The number of hydrogen-bond acceptors (Lipinski definition) is 2. The predicted molar refractivity (Wildman–Crippen MR) is 76.0 cm³/mol. The molecule has 2 heteroatoms. The van der Waals surface area contributed by atoms with Gasteiger partial charge in [-0.25, -0.2) is 0 Å². The van der Waals surface area contributed by atoms with Crippen molar-refractivity contribution >= 4 is 0 Å². The lowest BCUT2D eigenvalue weighted by atomic mass is 10.1. The van der Waals surface area contributed by atoms with E-state index in [0.717, 1.165) is 17.7 Å². The average molecular weight is 251 g/mol. The molecule has 0 N–H and O–H groups in total. The van der Waals surface area contributed by atoms with Crippen LogP contribution in [-0.2, 0) is 6.42 Å². The Morgan fingerprint density at radius 3 is 2.58 bits per heavy atom. The number of ether oxygens (including phenoxy) is 1. The molecule has 0 aromatic heterocycles. The molecule has 2 aromatic carbocycles. The number of nitriles is 1. The van der Waals surface area contributed by atoms with Crippen molar-refractivity contribution in [2.75, 3.05) is 0 Å². The molecule has 0 aliphatic carbocycles. The minimum atomic E-state index is -0.401. The number of nitrogens with zero attached hydrogens (tertiary/aromatic N) is 1. The van der Waals surface area contributed by atoms with Crippen LogP contribution in [0.4, 0.5) is 0 Å². The van der Waals surface area contributed by atoms with Gasteiger partial charge in [0.05, 0.1) is 0 Å². The molecule has 0 amide bonds. The van der Waals surface area contributed by atoms with E-state index in [0.29, 0.717) is 6.42 Å². The molecule has 1 atom stereocenters. The third-order valence-corrected chi connectivity index (χ3v) is 2.95. The van der Waals surface area contributed by atoms with E-state index in [-0.39, 0.29) is 0 Å². The van der Waals surface area contributed by atoms with Gasteiger partial charge in [-0.15, -0.1) is 0 Å². The van der Waals surface area contributed by atoms with Gasteiger partial charge in [0.2, 0.25) is 0 Å². The summed E-state index contributed by atoms with van der Waals surface area (Å²) in [5, 5.41) is 9.16. The van der Waals surface area contributed by atoms with Crippen molar-refractivity contribution in [3.63, 3.8) is 0 Å². The average Bonchev–Trinajstić information content (AvgIpc) is 2.44. The molecule has 0 bridgehead atoms. The van der Waals surface area contributed by atoms with Gasteiger partial charge < -0.3 is 4.74 Å². The second-order valence-corrected chi connectivity index (χ2v) is 4.58. The Bertz CT molecular complexity index is 557. The van der Waals surface area contributed by atoms with Crippen LogP contribution in [0.2, 0.25) is 0 Å². The van der Waals surface area contributed by atoms with Crippen molar-refractivity contribution < 1.29 is 4.74 Å². The molecule has 96 valence electrons. The number of aryl methyl sites for hydroxylation is 2. The van der Waals surface area contributed by atoms with E-state index in [9.17, 15) is 0 Å². The van der Waals surface area contributed by atoms with Gasteiger partial charge in [-0.2, -0.15) is 5.26 Å². The van der Waals surface area contributed by atoms with E-state index >= 15 is 0 Å². The largest absolute Gasteiger partial charge is 0.476 e. The standard InChI is InChI=1S/C17H17NO/c1-14-6-5-9-16(12-14)19-17(13-18)11-10-15-7-3-2-4-8-15/h2-9,12,17H,10-11H2,1H3. The molecule has 2 aromatic rings. The van der Waals surface area contributed by atoms with Gasteiger partial charge in [-0.1, -0.05) is 42.5 Å². The molecule has 0 saturated carbocycles. The zero-order chi connectivity index (χ0) is 13.5. The molecule has 2 nitrogen and oxygen atoms in total. The highest BCUT2D eigenvalue weighted by Crippen LogP contribution is 2.16. The van der Waals surface area contributed by atoms with Crippen LogP contribution in [0.3, 0.4) is 0 Å². The number of benzene rings is 2. The second-order valence-electron chi connectivity index (χ2n) is 4.58. The molecule has 0 aliphatic heterocycles. The lowest BCUT2D eigenvalue weighted by Gasteiger charge is -2.12. The topological polar surface area (TPSA) is 33.0 Å². The summed E-state index contributed by atoms with van der Waals surface area (Å²) in [6, 6.07) is 20.2. The van der Waals surface area contributed by atoms with Crippen LogP contribution >= 0.6 is 0 Å². The smallest absolute Gasteiger partial charge is 0.184 e. The maximum atomic E-state index is 9.16. The summed E-state index contributed by atoms with van der Waals surface area (Å²) in [6.45, 7) is 2.01. The van der Waals surface area contributed by atoms with Crippen molar-refractivity contribution in [2.45, 2.75) is 25.9 Å². The van der Waals surface area contributed by atoms with Gasteiger partial charge in [0.25, 0.3) is 0 Å². The van der Waals surface area contributed by atoms with Crippen molar-refractivity contribution in [1.82, 2.24) is 0 Å². The number of rotatable bonds is 5. The molecule has 0 radical (unpaired) electrons. The van der Waals surface area contributed by atoms with E-state index in [1.165, 1.54) is 5.56 Å². The first-order valence-electron chi connectivity index (χ1n) is 6.45. The number of hydrogen-bond donors (Lipinski definition) is 0. The monoisotopic (exact) mass is 251 g/mol. The quantitative estimate of drug-likeness (QED) is 0.807. The molecule has 0 saturated heterocycles. The van der Waals surface area contributed by atoms with Crippen LogP contribution in [0.15, 0.2) is 54.6 Å². The Hall–Kier alpha value is -2.27. The predicted octanol–water partition coefficient (Wildman–Crippen LogP) is 3.90. The highest BCUT2D eigenvalue weighted by atomic mass is 16.5. The zero-order valence-corrected chi connectivity index (χ0v) is 11.0. The first-order chi connectivity index (χ1) is 9.28. The summed E-state index contributed by atoms with van der Waals surface area (Å²) < 4.78 is 5.71. The van der Waals surface area contributed by atoms with Crippen LogP contribution in [0.1, 0.15) is 17.5 Å². The van der Waals surface area contributed by atoms with E-state index in [2.05, 4.69) is 18.2 Å². The van der Waals surface area contributed by atoms with Crippen molar-refractivity contribution in [3.8, 4) is 11.8 Å². The van der Waals surface area contributed by atoms with E-state index in [1.807, 2.05) is 49.4 Å². The normalized spacial score (nSPS) is 11.6. The molecular formula is C17H17NO. The minimum absolute atomic E-state index is 0.401. The Labute approximate surface area is 114 Å². The summed E-state index contributed by atoms with van der Waals surface area (Å²) in [5.74, 6) is 0.764. The fourth-order valence-electron chi connectivity index (χ4n) is 1.95. The summed E-state index contributed by atoms with van der Waals surface area (Å²) in [6.07, 6.45) is 1.15. The Kier molecular flexibility index (Phi) is 4.58. The molecular weight excluding hydrogens is 234 g/mol. The minimum Gasteiger partial charge on any atom is -0.476 e. The summed E-state index contributed by atoms with van der Waals surface area (Å²) in [5.41, 5.74) is 2.37. The summed E-state index contributed by atoms with van der Waals surface area (Å²) in [4.78, 5) is 0. The van der Waals surface area contributed by atoms with Gasteiger partial charge >= 0.3 is 0 Å². The highest BCUT2D eigenvalue weighted by Gasteiger charge is 2.09. The third-order valence-electron chi connectivity index (χ3n) is 2.95. The van der Waals surface area contributed by atoms with Crippen LogP contribution in [0.25, 0.3) is 0 Å². The van der Waals surface area contributed by atoms with Gasteiger partial charge in [0.15, 0.2) is 6.10 Å². The molecule has 1 unspecified atom stereocenters. The molecule has 0 aliphatic rings. The van der Waals surface area contributed by atoms with Gasteiger partial charge in [0, 0.05) is 6.42 Å². The Morgan fingerprint density at radius 2 is 1.89 bits per heavy atom. The first-order valence-corrected chi connectivity index (χ1v) is 6.45. The van der Waals surface area contributed by atoms with E-state index < -0.39 is 6.10 Å². The van der Waals surface area contributed by atoms with E-state index in [4.69, 9.17) is 10.00 Å². The molecule has 0 heterocycles. The van der Waals surface area contributed by atoms with Crippen LogP contribution in [0.5, 0.6) is 5.75 Å². The fraction of sp³-hybridized carbons (Fsp3) is 0.235. The van der Waals surface area contributed by atoms with Crippen LogP contribution < -0.4 is 4.74 Å². The van der Waals surface area contributed by atoms with E-state index in [1.54, 1.807) is 0 Å². The fourth-order valence-corrected chi connectivity index (χ4v) is 1.95. The third kappa shape index (κ3) is 4.15. The lowest BCUT2D eigenvalue weighted by Crippen LogP contribution is -2.15. The molecule has 19 heavy (non-hydrogen) atoms. The Balaban J connectivity index is 1.92. The van der Waals surface area contributed by atoms with Crippen LogP contribution in [0, 0.1) is 18.3 Å². The van der Waals surface area contributed by atoms with Crippen molar-refractivity contribution in [1.29, 1.82) is 5.26 Å². The lowest BCUT2D eigenvalue weighted by molar-refractivity contribution is 0.245. The van der Waals surface area contributed by atoms with Crippen molar-refractivity contribution in [2.24, 2.45) is 0 Å². The Morgan fingerprint density at radius 1 is 1.11 bits per heavy atom. The van der Waals surface area contributed by atoms with Gasteiger partial charge in [-0.05, 0) is 36.6 Å². The second kappa shape index (κ2) is 6.61. The molecule has 0 spiro atoms. The van der Waals surface area contributed by atoms with Gasteiger partial charge in [0.1, 0.15) is 11.8 Å². The summed E-state index contributed by atoms with van der Waals surface area (Å²) in [7, 11) is 0. The van der Waals surface area contributed by atoms with Crippen LogP contribution in [-0.4, -0.2) is 6.10 Å². The maximum Gasteiger partial charge on any atom is 0.184 e. The summed E-state index contributed by atoms with van der Waals surface area (Å²) >= 11 is 0. The molecule has 0 fully saturated rings. The van der Waals surface area contributed by atoms with Crippen molar-refractivity contribution in [3.05, 3.63) is 65.7 Å². The maximum absolute atomic E-state index is 9.16. The van der Waals surface area contributed by atoms with Gasteiger partial charge in [-0.3, -0.25) is 0 Å². The zero-order valence-electron chi connectivity index (χ0n) is 11.0. The first kappa shape index (κ1) is 13.2.